The van der Waals surface area contributed by atoms with Crippen LogP contribution < -0.4 is 5.69 Å². The van der Waals surface area contributed by atoms with Gasteiger partial charge in [-0.2, -0.15) is 0 Å². The largest absolute Gasteiger partial charge is 0.337 e. The van der Waals surface area contributed by atoms with Crippen molar-refractivity contribution in [1.82, 2.24) is 33.6 Å². The summed E-state index contributed by atoms with van der Waals surface area (Å²) < 4.78 is 33.5. The van der Waals surface area contributed by atoms with Gasteiger partial charge < -0.3 is 4.57 Å². The number of nitrogens with zero attached hydrogens (tertiary/aromatic N) is 7. The van der Waals surface area contributed by atoms with Crippen molar-refractivity contribution >= 4 is 5.52 Å². The van der Waals surface area contributed by atoms with Crippen LogP contribution >= 0.6 is 0 Å². The Bertz CT molecular complexity index is 1640. The molecule has 10 heteroatoms. The fraction of sp³-hybridized carbons (Fsp3) is 0.533. The molecule has 0 unspecified atom stereocenters. The number of piperidine rings is 1. The van der Waals surface area contributed by atoms with Gasteiger partial charge in [-0.15, -0.1) is 10.2 Å². The maximum Gasteiger partial charge on any atom is 0.337 e. The summed E-state index contributed by atoms with van der Waals surface area (Å²) in [7, 11) is 1.98. The van der Waals surface area contributed by atoms with E-state index in [1.807, 2.05) is 34.8 Å². The third-order valence-electron chi connectivity index (χ3n) is 9.30. The second kappa shape index (κ2) is 9.06. The number of likely N-dealkylation sites (tertiary alicyclic amines) is 1. The molecule has 1 aliphatic heterocycles. The number of benzene rings is 1. The van der Waals surface area contributed by atoms with Crippen LogP contribution in [0.1, 0.15) is 74.6 Å². The summed E-state index contributed by atoms with van der Waals surface area (Å²) in [6, 6.07) is 8.22. The minimum Gasteiger partial charge on any atom is -0.320 e. The summed E-state index contributed by atoms with van der Waals surface area (Å²) in [5.74, 6) is -1.46. The second-order valence-electron chi connectivity index (χ2n) is 12.5. The first kappa shape index (κ1) is 25.6. The molecule has 4 heterocycles. The predicted octanol–water partition coefficient (Wildman–Crippen LogP) is 4.68. The lowest BCUT2D eigenvalue weighted by atomic mass is 9.58. The average molecular weight is 548 g/mol. The normalized spacial score (nSPS) is 26.7. The molecule has 40 heavy (non-hydrogen) atoms. The Balaban J connectivity index is 1.27. The number of hydrogen-bond acceptors (Lipinski definition) is 5. The average Bonchev–Trinajstić information content (AvgIpc) is 3.59. The maximum absolute atomic E-state index is 14.1. The van der Waals surface area contributed by atoms with Gasteiger partial charge in [-0.05, 0) is 49.3 Å². The standard InChI is InChI=1S/C30H35F2N7O/c1-19-12-29(13-19,27-35-33-18-36(27)3)22-5-4-6-24(11-22)38-17-25-26(21-7-8-21)34-23(16-39(25)28(38)40)15-37-10-9-30(31,32)20(2)14-37/h4-6,11,16-21H,7-10,12-15H2,1-3H3/t19-,20-,29+/m1/s1. The van der Waals surface area contributed by atoms with Crippen LogP contribution in [-0.2, 0) is 19.0 Å². The molecule has 0 amide bonds. The zero-order valence-electron chi connectivity index (χ0n) is 23.2. The monoisotopic (exact) mass is 547 g/mol. The summed E-state index contributed by atoms with van der Waals surface area (Å²) in [6.07, 6.45) is 9.37. The van der Waals surface area contributed by atoms with Crippen molar-refractivity contribution in [1.29, 1.82) is 0 Å². The van der Waals surface area contributed by atoms with E-state index in [2.05, 4.69) is 29.3 Å². The Hall–Kier alpha value is -3.40. The van der Waals surface area contributed by atoms with E-state index < -0.39 is 11.8 Å². The molecule has 2 aliphatic carbocycles. The van der Waals surface area contributed by atoms with Crippen LogP contribution in [0.25, 0.3) is 11.2 Å². The van der Waals surface area contributed by atoms with Gasteiger partial charge in [0.2, 0.25) is 0 Å². The second-order valence-corrected chi connectivity index (χ2v) is 12.5. The van der Waals surface area contributed by atoms with E-state index >= 15 is 0 Å². The highest BCUT2D eigenvalue weighted by atomic mass is 19.3. The number of aryl methyl sites for hydroxylation is 1. The molecule has 3 fully saturated rings. The fourth-order valence-electron chi connectivity index (χ4n) is 6.97. The smallest absolute Gasteiger partial charge is 0.320 e. The first-order valence-corrected chi connectivity index (χ1v) is 14.3. The van der Waals surface area contributed by atoms with Crippen molar-refractivity contribution in [2.75, 3.05) is 13.1 Å². The van der Waals surface area contributed by atoms with Crippen LogP contribution in [0.4, 0.5) is 8.78 Å². The first-order chi connectivity index (χ1) is 19.1. The van der Waals surface area contributed by atoms with E-state index in [9.17, 15) is 13.6 Å². The van der Waals surface area contributed by atoms with Gasteiger partial charge in [0.1, 0.15) is 12.2 Å². The molecule has 210 valence electrons. The molecule has 1 atom stereocenters. The SMILES string of the molecule is C[C@@H]1CN(Cc2cn3c(=O)n(-c4cccc([C@]5(c6nncn6C)C[C@@H](C)C5)c4)cc3c(C3CC3)n2)CCC1(F)F. The highest BCUT2D eigenvalue weighted by molar-refractivity contribution is 5.56. The minimum absolute atomic E-state index is 0.146. The molecular formula is C30H35F2N7O. The van der Waals surface area contributed by atoms with Crippen molar-refractivity contribution in [3.8, 4) is 5.69 Å². The Labute approximate surface area is 231 Å². The zero-order valence-corrected chi connectivity index (χ0v) is 23.2. The van der Waals surface area contributed by atoms with Gasteiger partial charge in [0.15, 0.2) is 0 Å². The molecule has 0 radical (unpaired) electrons. The maximum atomic E-state index is 14.1. The number of imidazole rings is 1. The Morgan fingerprint density at radius 2 is 1.93 bits per heavy atom. The molecule has 1 saturated heterocycles. The molecule has 0 bridgehead atoms. The van der Waals surface area contributed by atoms with Crippen LogP contribution in [0.5, 0.6) is 0 Å². The topological polar surface area (TPSA) is 73.2 Å². The van der Waals surface area contributed by atoms with Gasteiger partial charge in [0, 0.05) is 57.3 Å². The molecular weight excluding hydrogens is 512 g/mol. The molecule has 1 aromatic carbocycles. The number of halogens is 2. The molecule has 8 nitrogen and oxygen atoms in total. The molecule has 4 aromatic rings. The Morgan fingerprint density at radius 1 is 1.12 bits per heavy atom. The lowest BCUT2D eigenvalue weighted by molar-refractivity contribution is -0.100. The first-order valence-electron chi connectivity index (χ1n) is 14.3. The van der Waals surface area contributed by atoms with Crippen molar-refractivity contribution < 1.29 is 8.78 Å². The Morgan fingerprint density at radius 3 is 2.60 bits per heavy atom. The Kier molecular flexibility index (Phi) is 5.79. The summed E-state index contributed by atoms with van der Waals surface area (Å²) in [5, 5.41) is 8.61. The molecule has 7 rings (SSSR count). The van der Waals surface area contributed by atoms with Crippen LogP contribution in [0.15, 0.2) is 47.8 Å². The highest BCUT2D eigenvalue weighted by Crippen LogP contribution is 2.51. The van der Waals surface area contributed by atoms with Gasteiger partial charge in [0.05, 0.1) is 28.0 Å². The van der Waals surface area contributed by atoms with E-state index in [4.69, 9.17) is 4.98 Å². The number of rotatable bonds is 6. The summed E-state index contributed by atoms with van der Waals surface area (Å²) in [5.41, 5.74) is 4.08. The summed E-state index contributed by atoms with van der Waals surface area (Å²) >= 11 is 0. The van der Waals surface area contributed by atoms with Crippen molar-refractivity contribution in [2.24, 2.45) is 18.9 Å². The molecule has 3 aromatic heterocycles. The molecule has 2 saturated carbocycles. The molecule has 3 aliphatic rings. The van der Waals surface area contributed by atoms with Crippen molar-refractivity contribution in [3.05, 3.63) is 76.2 Å². The van der Waals surface area contributed by atoms with Crippen molar-refractivity contribution in [3.63, 3.8) is 0 Å². The third kappa shape index (κ3) is 4.10. The third-order valence-corrected chi connectivity index (χ3v) is 9.30. The summed E-state index contributed by atoms with van der Waals surface area (Å²) in [6.45, 7) is 4.96. The predicted molar refractivity (Wildman–Crippen MR) is 147 cm³/mol. The quantitative estimate of drug-likeness (QED) is 0.350. The highest BCUT2D eigenvalue weighted by Gasteiger charge is 2.48. The summed E-state index contributed by atoms with van der Waals surface area (Å²) in [4.78, 5) is 20.9. The van der Waals surface area contributed by atoms with E-state index in [1.54, 1.807) is 28.4 Å². The number of aromatic nitrogens is 6. The van der Waals surface area contributed by atoms with Crippen LogP contribution in [-0.4, -0.2) is 52.6 Å². The van der Waals surface area contributed by atoms with Gasteiger partial charge in [0.25, 0.3) is 5.92 Å². The molecule has 0 spiro atoms. The van der Waals surface area contributed by atoms with E-state index in [-0.39, 0.29) is 17.5 Å². The van der Waals surface area contributed by atoms with Crippen LogP contribution in [0.3, 0.4) is 0 Å². The minimum atomic E-state index is -2.63. The number of fused-ring (bicyclic) bond motifs is 1. The van der Waals surface area contributed by atoms with Gasteiger partial charge in [-0.25, -0.2) is 13.6 Å². The van der Waals surface area contributed by atoms with Crippen molar-refractivity contribution in [2.45, 2.75) is 69.8 Å². The van der Waals surface area contributed by atoms with E-state index in [0.29, 0.717) is 31.5 Å². The van der Waals surface area contributed by atoms with E-state index in [1.165, 1.54) is 0 Å². The molecule has 0 N–H and O–H groups in total. The van der Waals surface area contributed by atoms with Crippen LogP contribution in [0, 0.1) is 11.8 Å². The van der Waals surface area contributed by atoms with Gasteiger partial charge in [-0.3, -0.25) is 18.9 Å². The van der Waals surface area contributed by atoms with Gasteiger partial charge >= 0.3 is 5.69 Å². The van der Waals surface area contributed by atoms with Crippen LogP contribution in [0.2, 0.25) is 0 Å². The lowest BCUT2D eigenvalue weighted by Gasteiger charge is -2.46. The lowest BCUT2D eigenvalue weighted by Crippen LogP contribution is -2.45. The van der Waals surface area contributed by atoms with Gasteiger partial charge in [-0.1, -0.05) is 26.0 Å². The number of hydrogen-bond donors (Lipinski definition) is 0. The zero-order chi connectivity index (χ0) is 27.8. The van der Waals surface area contributed by atoms with E-state index in [0.717, 1.165) is 59.7 Å². The fourth-order valence-corrected chi connectivity index (χ4v) is 6.97. The number of alkyl halides is 2.